The fraction of sp³-hybridized carbons (Fsp3) is 0.0952. The second kappa shape index (κ2) is 8.84. The van der Waals surface area contributed by atoms with Crippen molar-refractivity contribution in [1.29, 1.82) is 5.26 Å². The standard InChI is InChI=1S/C21H16N2O4S/c1-2-26-21(25)18-17(14-7-4-3-5-8-14)13-28-20(18)23-19(24)15(12-22)11-16-9-6-10-27-16/h3-11,13H,2H2,1H3,(H,23,24). The lowest BCUT2D eigenvalue weighted by atomic mass is 10.0. The van der Waals surface area contributed by atoms with Crippen LogP contribution in [-0.2, 0) is 9.53 Å². The molecule has 0 unspecified atom stereocenters. The highest BCUT2D eigenvalue weighted by atomic mass is 32.1. The van der Waals surface area contributed by atoms with Crippen LogP contribution in [0.4, 0.5) is 5.00 Å². The zero-order valence-corrected chi connectivity index (χ0v) is 15.8. The Kier molecular flexibility index (Phi) is 6.04. The molecule has 0 bridgehead atoms. The molecule has 2 heterocycles. The van der Waals surface area contributed by atoms with Crippen LogP contribution in [0.5, 0.6) is 0 Å². The number of benzene rings is 1. The third-order valence-corrected chi connectivity index (χ3v) is 4.67. The molecule has 0 fully saturated rings. The van der Waals surface area contributed by atoms with E-state index in [1.54, 1.807) is 24.4 Å². The number of hydrogen-bond acceptors (Lipinski definition) is 6. The van der Waals surface area contributed by atoms with Gasteiger partial charge in [-0.2, -0.15) is 5.26 Å². The molecule has 140 valence electrons. The molecule has 0 aliphatic carbocycles. The van der Waals surface area contributed by atoms with Gasteiger partial charge in [-0.15, -0.1) is 11.3 Å². The lowest BCUT2D eigenvalue weighted by Gasteiger charge is -2.08. The lowest BCUT2D eigenvalue weighted by molar-refractivity contribution is -0.112. The fourth-order valence-corrected chi connectivity index (χ4v) is 3.47. The zero-order chi connectivity index (χ0) is 19.9. The third kappa shape index (κ3) is 4.19. The number of amides is 1. The van der Waals surface area contributed by atoms with Crippen LogP contribution >= 0.6 is 11.3 Å². The molecule has 3 aromatic rings. The van der Waals surface area contributed by atoms with Gasteiger partial charge in [-0.25, -0.2) is 4.79 Å². The molecule has 1 aromatic carbocycles. The number of nitriles is 1. The minimum Gasteiger partial charge on any atom is -0.465 e. The molecule has 0 saturated carbocycles. The summed E-state index contributed by atoms with van der Waals surface area (Å²) in [6.07, 6.45) is 2.79. The first kappa shape index (κ1) is 19.1. The smallest absolute Gasteiger partial charge is 0.341 e. The molecule has 0 saturated heterocycles. The van der Waals surface area contributed by atoms with Crippen molar-refractivity contribution in [3.8, 4) is 17.2 Å². The van der Waals surface area contributed by atoms with E-state index in [4.69, 9.17) is 9.15 Å². The number of ether oxygens (including phenoxy) is 1. The van der Waals surface area contributed by atoms with Crippen molar-refractivity contribution in [3.05, 3.63) is 71.0 Å². The van der Waals surface area contributed by atoms with Crippen molar-refractivity contribution in [2.24, 2.45) is 0 Å². The Morgan fingerprint density at radius 1 is 1.25 bits per heavy atom. The molecular weight excluding hydrogens is 376 g/mol. The summed E-state index contributed by atoms with van der Waals surface area (Å²) in [5, 5.41) is 14.1. The molecule has 0 aliphatic heterocycles. The van der Waals surface area contributed by atoms with Gasteiger partial charge in [0.1, 0.15) is 28.0 Å². The molecule has 0 radical (unpaired) electrons. The first-order chi connectivity index (χ1) is 13.6. The van der Waals surface area contributed by atoms with Crippen LogP contribution in [0, 0.1) is 11.3 Å². The van der Waals surface area contributed by atoms with Crippen molar-refractivity contribution in [3.63, 3.8) is 0 Å². The molecular formula is C21H16N2O4S. The molecule has 0 aliphatic rings. The van der Waals surface area contributed by atoms with E-state index < -0.39 is 11.9 Å². The highest BCUT2D eigenvalue weighted by Crippen LogP contribution is 2.36. The van der Waals surface area contributed by atoms with Crippen molar-refractivity contribution < 1.29 is 18.7 Å². The van der Waals surface area contributed by atoms with Crippen LogP contribution in [0.2, 0.25) is 0 Å². The van der Waals surface area contributed by atoms with Crippen LogP contribution in [0.25, 0.3) is 17.2 Å². The van der Waals surface area contributed by atoms with Gasteiger partial charge in [0.05, 0.1) is 12.9 Å². The molecule has 0 spiro atoms. The van der Waals surface area contributed by atoms with Crippen LogP contribution < -0.4 is 5.32 Å². The minimum absolute atomic E-state index is 0.139. The summed E-state index contributed by atoms with van der Waals surface area (Å²) in [6, 6.07) is 14.5. The van der Waals surface area contributed by atoms with Crippen molar-refractivity contribution in [2.45, 2.75) is 6.92 Å². The number of carbonyl (C=O) groups is 2. The van der Waals surface area contributed by atoms with Gasteiger partial charge in [-0.3, -0.25) is 4.79 Å². The van der Waals surface area contributed by atoms with Gasteiger partial charge in [-0.1, -0.05) is 30.3 Å². The van der Waals surface area contributed by atoms with Gasteiger partial charge in [0.15, 0.2) is 0 Å². The SMILES string of the molecule is CCOC(=O)c1c(-c2ccccc2)csc1NC(=O)C(C#N)=Cc1ccco1. The normalized spacial score (nSPS) is 10.9. The first-order valence-electron chi connectivity index (χ1n) is 8.44. The average molecular weight is 392 g/mol. The maximum atomic E-state index is 12.6. The predicted octanol–water partition coefficient (Wildman–Crippen LogP) is 4.73. The van der Waals surface area contributed by atoms with Gasteiger partial charge in [0.25, 0.3) is 5.91 Å². The minimum atomic E-state index is -0.633. The first-order valence-corrected chi connectivity index (χ1v) is 9.32. The molecule has 7 heteroatoms. The Labute approximate surface area is 165 Å². The highest BCUT2D eigenvalue weighted by Gasteiger charge is 2.23. The van der Waals surface area contributed by atoms with Gasteiger partial charge in [-0.05, 0) is 24.6 Å². The summed E-state index contributed by atoms with van der Waals surface area (Å²) in [5.74, 6) is -0.786. The Bertz CT molecular complexity index is 1040. The molecule has 2 aromatic heterocycles. The van der Waals surface area contributed by atoms with Crippen molar-refractivity contribution in [2.75, 3.05) is 11.9 Å². The zero-order valence-electron chi connectivity index (χ0n) is 15.0. The average Bonchev–Trinajstić information content (AvgIpc) is 3.36. The largest absolute Gasteiger partial charge is 0.465 e. The Morgan fingerprint density at radius 3 is 2.68 bits per heavy atom. The maximum Gasteiger partial charge on any atom is 0.341 e. The second-order valence-electron chi connectivity index (χ2n) is 5.58. The molecule has 6 nitrogen and oxygen atoms in total. The van der Waals surface area contributed by atoms with E-state index in [9.17, 15) is 14.9 Å². The summed E-state index contributed by atoms with van der Waals surface area (Å²) in [7, 11) is 0. The summed E-state index contributed by atoms with van der Waals surface area (Å²) in [4.78, 5) is 25.1. The van der Waals surface area contributed by atoms with E-state index in [-0.39, 0.29) is 17.7 Å². The van der Waals surface area contributed by atoms with E-state index >= 15 is 0 Å². The summed E-state index contributed by atoms with van der Waals surface area (Å²) in [5.41, 5.74) is 1.61. The van der Waals surface area contributed by atoms with Crippen LogP contribution in [-0.4, -0.2) is 18.5 Å². The lowest BCUT2D eigenvalue weighted by Crippen LogP contribution is -2.16. The van der Waals surface area contributed by atoms with E-state index in [1.165, 1.54) is 23.7 Å². The van der Waals surface area contributed by atoms with E-state index in [1.807, 2.05) is 36.4 Å². The maximum absolute atomic E-state index is 12.6. The van der Waals surface area contributed by atoms with Crippen molar-refractivity contribution >= 4 is 34.3 Å². The molecule has 1 amide bonds. The number of carbonyl (C=O) groups excluding carboxylic acids is 2. The number of anilines is 1. The van der Waals surface area contributed by atoms with Crippen LogP contribution in [0.15, 0.2) is 64.1 Å². The second-order valence-corrected chi connectivity index (χ2v) is 6.46. The number of esters is 1. The molecule has 3 rings (SSSR count). The van der Waals surface area contributed by atoms with E-state index in [2.05, 4.69) is 5.32 Å². The van der Waals surface area contributed by atoms with Crippen LogP contribution in [0.3, 0.4) is 0 Å². The van der Waals surface area contributed by atoms with E-state index in [0.717, 1.165) is 5.56 Å². The van der Waals surface area contributed by atoms with Crippen LogP contribution in [0.1, 0.15) is 23.0 Å². The van der Waals surface area contributed by atoms with E-state index in [0.29, 0.717) is 16.3 Å². The third-order valence-electron chi connectivity index (χ3n) is 3.78. The number of hydrogen-bond donors (Lipinski definition) is 1. The molecule has 1 N–H and O–H groups in total. The molecule has 28 heavy (non-hydrogen) atoms. The van der Waals surface area contributed by atoms with Gasteiger partial charge >= 0.3 is 5.97 Å². The highest BCUT2D eigenvalue weighted by molar-refractivity contribution is 7.15. The summed E-state index contributed by atoms with van der Waals surface area (Å²) < 4.78 is 10.3. The Balaban J connectivity index is 1.95. The summed E-state index contributed by atoms with van der Waals surface area (Å²) in [6.45, 7) is 1.92. The monoisotopic (exact) mass is 392 g/mol. The number of nitrogens with one attached hydrogen (secondary N) is 1. The molecule has 0 atom stereocenters. The Hall–Kier alpha value is -3.63. The van der Waals surface area contributed by atoms with Gasteiger partial charge in [0, 0.05) is 17.0 Å². The number of furan rings is 1. The summed E-state index contributed by atoms with van der Waals surface area (Å²) >= 11 is 1.20. The fourth-order valence-electron chi connectivity index (χ4n) is 2.52. The predicted molar refractivity (Wildman–Crippen MR) is 107 cm³/mol. The van der Waals surface area contributed by atoms with Crippen molar-refractivity contribution in [1.82, 2.24) is 0 Å². The van der Waals surface area contributed by atoms with Gasteiger partial charge in [0.2, 0.25) is 0 Å². The number of nitrogens with zero attached hydrogens (tertiary/aromatic N) is 1. The quantitative estimate of drug-likeness (QED) is 0.372. The number of thiophene rings is 1. The number of rotatable bonds is 6. The topological polar surface area (TPSA) is 92.3 Å². The Morgan fingerprint density at radius 2 is 2.04 bits per heavy atom. The van der Waals surface area contributed by atoms with Gasteiger partial charge < -0.3 is 14.5 Å².